The lowest BCUT2D eigenvalue weighted by Gasteiger charge is -2.41. The average molecular weight is 1120 g/mol. The second-order valence-corrected chi connectivity index (χ2v) is 21.8. The number of Topliss-reactive ketones (excluding diaryl/α,β-unsaturated/α-hetero) is 1. The molecule has 0 spiro atoms. The van der Waals surface area contributed by atoms with E-state index in [0.29, 0.717) is 34.5 Å². The molecule has 2 saturated heterocycles. The van der Waals surface area contributed by atoms with Crippen molar-refractivity contribution in [3.8, 4) is 11.5 Å². The first kappa shape index (κ1) is 61.6. The van der Waals surface area contributed by atoms with Crippen LogP contribution >= 0.6 is 11.6 Å². The number of benzene rings is 3. The van der Waals surface area contributed by atoms with E-state index in [2.05, 4.69) is 5.32 Å². The fourth-order valence-electron chi connectivity index (χ4n) is 9.83. The van der Waals surface area contributed by atoms with Crippen LogP contribution < -0.4 is 25.4 Å². The number of amides is 3. The molecule has 4 N–H and O–H groups in total. The van der Waals surface area contributed by atoms with E-state index in [1.807, 2.05) is 26.8 Å². The normalized spacial score (nSPS) is 25.5. The van der Waals surface area contributed by atoms with Crippen LogP contribution in [0.4, 0.5) is 5.69 Å². The third-order valence-electron chi connectivity index (χ3n) is 15.2. The topological polar surface area (TPSA) is 252 Å². The highest BCUT2D eigenvalue weighted by atomic mass is 35.5. The molecule has 20 heteroatoms. The first-order valence-corrected chi connectivity index (χ1v) is 26.7. The minimum atomic E-state index is -1.64. The van der Waals surface area contributed by atoms with Crippen LogP contribution in [0.25, 0.3) is 0 Å². The van der Waals surface area contributed by atoms with Crippen LogP contribution in [0, 0.1) is 11.8 Å². The molecular weight excluding hydrogens is 1040 g/mol. The van der Waals surface area contributed by atoms with Crippen LogP contribution in [-0.4, -0.2) is 141 Å². The molecule has 428 valence electrons. The van der Waals surface area contributed by atoms with Crippen molar-refractivity contribution < 1.29 is 71.8 Å². The molecule has 3 aromatic rings. The quantitative estimate of drug-likeness (QED) is 0.0800. The van der Waals surface area contributed by atoms with Crippen LogP contribution in [0.3, 0.4) is 0 Å². The second kappa shape index (κ2) is 26.1. The Morgan fingerprint density at radius 2 is 1.63 bits per heavy atom. The number of aliphatic hydroxyl groups is 1. The fraction of sp³-hybridized carbons (Fsp3) is 0.508. The first-order chi connectivity index (χ1) is 37.2. The number of allylic oxidation sites excluding steroid dienone is 3. The lowest BCUT2D eigenvalue weighted by atomic mass is 9.78. The monoisotopic (exact) mass is 1110 g/mol. The van der Waals surface area contributed by atoms with Gasteiger partial charge in [-0.15, -0.1) is 0 Å². The number of halogens is 1. The van der Waals surface area contributed by atoms with Gasteiger partial charge in [0.1, 0.15) is 58.7 Å². The summed E-state index contributed by atoms with van der Waals surface area (Å²) < 4.78 is 40.9. The van der Waals surface area contributed by atoms with Gasteiger partial charge in [0.05, 0.1) is 57.4 Å². The maximum absolute atomic E-state index is 14.5. The lowest BCUT2D eigenvalue weighted by Crippen LogP contribution is -2.53. The van der Waals surface area contributed by atoms with E-state index in [1.165, 1.54) is 57.2 Å². The van der Waals surface area contributed by atoms with E-state index in [1.54, 1.807) is 82.4 Å². The van der Waals surface area contributed by atoms with Crippen molar-refractivity contribution in [2.45, 2.75) is 147 Å². The molecule has 6 rings (SSSR count). The molecule has 0 aliphatic carbocycles. The minimum absolute atomic E-state index is 0.000236. The number of nitrogens with zero attached hydrogens (tertiary/aromatic N) is 2. The van der Waals surface area contributed by atoms with Crippen molar-refractivity contribution in [2.24, 2.45) is 17.6 Å². The number of hydrogen-bond acceptors (Lipinski definition) is 16. The summed E-state index contributed by atoms with van der Waals surface area (Å²) in [6.45, 7) is 12.1. The SMILES string of the molecule is COc1cc(C(=O)N(C)[C@@H](C)C(=O)O[C@H]2CC(=O)N(C)c3cc(cc(OC)c3Cl)C/C(C)=C/C=C/[C@@H](OC)[C@]3(O)CC(=O)O[C@@H](C3)[C@@H](C)[C@@H]3O[C@@]23C)ccc1CC(=O)OCc1ccc(CC(=O)[C@H](C)NC(=O)[C@@H](N)C(C)C)cc1. The number of likely N-dealkylation sites (N-methyl/N-ethyl adjacent to an activating group) is 1. The van der Waals surface area contributed by atoms with Gasteiger partial charge >= 0.3 is 17.9 Å². The summed E-state index contributed by atoms with van der Waals surface area (Å²) in [5.41, 5.74) is 6.93. The summed E-state index contributed by atoms with van der Waals surface area (Å²) >= 11 is 6.84. The van der Waals surface area contributed by atoms with E-state index in [0.717, 1.165) is 11.1 Å². The number of carbonyl (C=O) groups is 7. The van der Waals surface area contributed by atoms with Crippen molar-refractivity contribution in [2.75, 3.05) is 40.3 Å². The molecule has 0 aromatic heterocycles. The van der Waals surface area contributed by atoms with Crippen molar-refractivity contribution in [1.82, 2.24) is 10.2 Å². The van der Waals surface area contributed by atoms with Crippen LogP contribution in [0.15, 0.2) is 78.4 Å². The molecule has 3 heterocycles. The van der Waals surface area contributed by atoms with Crippen LogP contribution in [0.5, 0.6) is 11.5 Å². The molecule has 3 aliphatic rings. The molecule has 0 radical (unpaired) electrons. The molecule has 4 bridgehead atoms. The number of epoxide rings is 1. The highest BCUT2D eigenvalue weighted by molar-refractivity contribution is 6.35. The number of rotatable bonds is 17. The number of ether oxygens (including phenoxy) is 7. The summed E-state index contributed by atoms with van der Waals surface area (Å²) in [7, 11) is 7.28. The first-order valence-electron chi connectivity index (χ1n) is 26.3. The maximum Gasteiger partial charge on any atom is 0.328 e. The zero-order valence-corrected chi connectivity index (χ0v) is 47.8. The Morgan fingerprint density at radius 3 is 2.28 bits per heavy atom. The smallest absolute Gasteiger partial charge is 0.328 e. The van der Waals surface area contributed by atoms with E-state index < -0.39 is 95.8 Å². The van der Waals surface area contributed by atoms with Crippen molar-refractivity contribution in [3.63, 3.8) is 0 Å². The molecule has 2 fully saturated rings. The molecular formula is C59H75ClN4O15. The number of anilines is 1. The van der Waals surface area contributed by atoms with E-state index in [-0.39, 0.29) is 66.2 Å². The second-order valence-electron chi connectivity index (χ2n) is 21.5. The molecule has 19 nitrogen and oxygen atoms in total. The van der Waals surface area contributed by atoms with Crippen molar-refractivity contribution in [1.29, 1.82) is 0 Å². The van der Waals surface area contributed by atoms with Gasteiger partial charge in [-0.25, -0.2) is 4.79 Å². The zero-order chi connectivity index (χ0) is 58.3. The Labute approximate surface area is 467 Å². The molecule has 10 atom stereocenters. The molecule has 0 unspecified atom stereocenters. The van der Waals surface area contributed by atoms with Gasteiger partial charge in [-0.2, -0.15) is 0 Å². The fourth-order valence-corrected chi connectivity index (χ4v) is 10.1. The van der Waals surface area contributed by atoms with Crippen LogP contribution in [0.1, 0.15) is 100 Å². The number of nitrogens with one attached hydrogen (secondary N) is 1. The summed E-state index contributed by atoms with van der Waals surface area (Å²) in [4.78, 5) is 96.8. The summed E-state index contributed by atoms with van der Waals surface area (Å²) in [5.74, 6) is -3.81. The number of fused-ring (bicyclic) bond motifs is 5. The van der Waals surface area contributed by atoms with Crippen molar-refractivity contribution in [3.05, 3.63) is 111 Å². The highest BCUT2D eigenvalue weighted by Gasteiger charge is 2.64. The number of nitrogens with two attached hydrogens (primary N) is 1. The van der Waals surface area contributed by atoms with Gasteiger partial charge in [-0.3, -0.25) is 28.8 Å². The zero-order valence-electron chi connectivity index (χ0n) is 47.1. The van der Waals surface area contributed by atoms with E-state index in [4.69, 9.17) is 50.5 Å². The summed E-state index contributed by atoms with van der Waals surface area (Å²) in [5, 5.41) is 14.9. The van der Waals surface area contributed by atoms with Gasteiger partial charge in [0, 0.05) is 51.1 Å². The van der Waals surface area contributed by atoms with Gasteiger partial charge in [0.2, 0.25) is 11.8 Å². The summed E-state index contributed by atoms with van der Waals surface area (Å²) in [6, 6.07) is 12.4. The third kappa shape index (κ3) is 14.8. The van der Waals surface area contributed by atoms with E-state index >= 15 is 0 Å². The predicted molar refractivity (Wildman–Crippen MR) is 293 cm³/mol. The Kier molecular flexibility index (Phi) is 20.3. The average Bonchev–Trinajstić information content (AvgIpc) is 4.23. The Bertz CT molecular complexity index is 2840. The maximum atomic E-state index is 14.5. The van der Waals surface area contributed by atoms with Gasteiger partial charge in [0.25, 0.3) is 5.91 Å². The molecule has 3 aromatic carbocycles. The Hall–Kier alpha value is -6.64. The molecule has 3 aliphatic heterocycles. The third-order valence-corrected chi connectivity index (χ3v) is 15.6. The molecule has 79 heavy (non-hydrogen) atoms. The summed E-state index contributed by atoms with van der Waals surface area (Å²) in [6.07, 6.45) is 1.18. The van der Waals surface area contributed by atoms with Crippen molar-refractivity contribution >= 4 is 58.7 Å². The Balaban J connectivity index is 1.15. The molecule has 0 saturated carbocycles. The van der Waals surface area contributed by atoms with Crippen LogP contribution in [-0.2, 0) is 78.3 Å². The van der Waals surface area contributed by atoms with Gasteiger partial charge in [-0.1, -0.05) is 86.5 Å². The minimum Gasteiger partial charge on any atom is -0.496 e. The number of methoxy groups -OCH3 is 3. The van der Waals surface area contributed by atoms with Gasteiger partial charge in [0.15, 0.2) is 5.78 Å². The predicted octanol–water partition coefficient (Wildman–Crippen LogP) is 5.97. The Morgan fingerprint density at radius 1 is 0.962 bits per heavy atom. The number of ketones is 1. The number of hydrogen-bond donors (Lipinski definition) is 3. The largest absolute Gasteiger partial charge is 0.496 e. The van der Waals surface area contributed by atoms with Gasteiger partial charge in [-0.05, 0) is 81.0 Å². The standard InChI is InChI=1S/C59H75ClN4O15/c1-32(2)53(61)55(69)62-35(5)43(65)24-37-16-18-38(19-17-37)31-76-50(67)27-40-20-21-41(26-44(40)73-10)56(70)63(8)36(6)57(71)78-48-28-49(66)64(9)42-23-39(25-45(74-11)52(42)60)22-33(3)14-13-15-47(75-12)59(72)29-46(77-51(68)30-59)34(4)54-58(48,7)79-54/h13-21,23,25-26,32,34-36,46-48,53-54,72H,22,24,27-31,61H2,1-12H3,(H,62,69)/b15-13+,33-14+/t34-,35+,36+,46+,47-,48+,53+,54+,58+,59-/m1/s1. The van der Waals surface area contributed by atoms with E-state index in [9.17, 15) is 38.7 Å². The number of carbonyl (C=O) groups excluding carboxylic acids is 7. The number of esters is 3. The lowest BCUT2D eigenvalue weighted by molar-refractivity contribution is -0.187. The van der Waals surface area contributed by atoms with Gasteiger partial charge < -0.3 is 59.1 Å². The molecule has 3 amide bonds. The van der Waals surface area contributed by atoms with Crippen LogP contribution in [0.2, 0.25) is 5.02 Å². The highest BCUT2D eigenvalue weighted by Crippen LogP contribution is 2.50.